The first kappa shape index (κ1) is 23.4. The molecule has 32 heavy (non-hydrogen) atoms. The van der Waals surface area contributed by atoms with E-state index in [-0.39, 0.29) is 5.91 Å². The van der Waals surface area contributed by atoms with E-state index < -0.39 is 0 Å². The molecule has 1 aromatic heterocycles. The summed E-state index contributed by atoms with van der Waals surface area (Å²) in [6.45, 7) is 5.96. The number of aromatic nitrogens is 2. The van der Waals surface area contributed by atoms with E-state index >= 15 is 0 Å². The lowest BCUT2D eigenvalue weighted by atomic mass is 10.1. The summed E-state index contributed by atoms with van der Waals surface area (Å²) in [6.07, 6.45) is 2.69. The number of fused-ring (bicyclic) bond motifs is 1. The van der Waals surface area contributed by atoms with Crippen molar-refractivity contribution in [3.05, 3.63) is 47.8 Å². The SMILES string of the molecule is COc1cc(C(=O)NCCCc2nc3ccccc3n2CCC(C)C)cc(OC)c1OC. The molecule has 0 aliphatic carbocycles. The summed E-state index contributed by atoms with van der Waals surface area (Å²) in [6, 6.07) is 11.6. The van der Waals surface area contributed by atoms with Gasteiger partial charge in [-0.2, -0.15) is 0 Å². The summed E-state index contributed by atoms with van der Waals surface area (Å²) in [5.74, 6) is 2.88. The Kier molecular flexibility index (Phi) is 7.98. The minimum absolute atomic E-state index is 0.183. The zero-order valence-electron chi connectivity index (χ0n) is 19.6. The smallest absolute Gasteiger partial charge is 0.251 e. The van der Waals surface area contributed by atoms with Gasteiger partial charge in [0.15, 0.2) is 11.5 Å². The van der Waals surface area contributed by atoms with E-state index in [2.05, 4.69) is 41.9 Å². The van der Waals surface area contributed by atoms with Gasteiger partial charge in [0.1, 0.15) is 5.82 Å². The fourth-order valence-electron chi connectivity index (χ4n) is 3.72. The Labute approximate surface area is 189 Å². The van der Waals surface area contributed by atoms with Gasteiger partial charge in [0.2, 0.25) is 5.75 Å². The molecule has 1 N–H and O–H groups in total. The molecule has 0 bridgehead atoms. The van der Waals surface area contributed by atoms with Crippen LogP contribution in [0.15, 0.2) is 36.4 Å². The number of amides is 1. The monoisotopic (exact) mass is 439 g/mol. The van der Waals surface area contributed by atoms with Crippen LogP contribution in [-0.4, -0.2) is 43.3 Å². The minimum Gasteiger partial charge on any atom is -0.493 e. The van der Waals surface area contributed by atoms with Crippen LogP contribution in [0, 0.1) is 5.92 Å². The molecule has 172 valence electrons. The third-order valence-electron chi connectivity index (χ3n) is 5.45. The molecule has 0 fully saturated rings. The standard InChI is InChI=1S/C25H33N3O4/c1-17(2)12-14-28-20-10-7-6-9-19(20)27-23(28)11-8-13-26-25(29)18-15-21(30-3)24(32-5)22(16-18)31-4/h6-7,9-10,15-17H,8,11-14H2,1-5H3,(H,26,29). The summed E-state index contributed by atoms with van der Waals surface area (Å²) in [7, 11) is 4.60. The molecule has 0 aliphatic rings. The number of nitrogens with zero attached hydrogens (tertiary/aromatic N) is 2. The molecule has 0 unspecified atom stereocenters. The predicted octanol–water partition coefficient (Wildman–Crippen LogP) is 4.47. The van der Waals surface area contributed by atoms with Crippen LogP contribution in [0.5, 0.6) is 17.2 Å². The molecule has 0 radical (unpaired) electrons. The number of rotatable bonds is 11. The number of carbonyl (C=O) groups is 1. The number of nitrogens with one attached hydrogen (secondary N) is 1. The highest BCUT2D eigenvalue weighted by atomic mass is 16.5. The van der Waals surface area contributed by atoms with Gasteiger partial charge < -0.3 is 24.1 Å². The van der Waals surface area contributed by atoms with Gasteiger partial charge in [-0.1, -0.05) is 26.0 Å². The van der Waals surface area contributed by atoms with Crippen molar-refractivity contribution in [3.8, 4) is 17.2 Å². The molecule has 3 aromatic rings. The van der Waals surface area contributed by atoms with Gasteiger partial charge in [0.05, 0.1) is 32.4 Å². The molecule has 1 amide bonds. The fourth-order valence-corrected chi connectivity index (χ4v) is 3.72. The summed E-state index contributed by atoms with van der Waals surface area (Å²) < 4.78 is 18.3. The summed E-state index contributed by atoms with van der Waals surface area (Å²) in [4.78, 5) is 17.5. The number of benzene rings is 2. The van der Waals surface area contributed by atoms with E-state index in [9.17, 15) is 4.79 Å². The highest BCUT2D eigenvalue weighted by molar-refractivity contribution is 5.95. The number of methoxy groups -OCH3 is 3. The lowest BCUT2D eigenvalue weighted by molar-refractivity contribution is 0.0952. The van der Waals surface area contributed by atoms with Crippen molar-refractivity contribution in [2.24, 2.45) is 5.92 Å². The van der Waals surface area contributed by atoms with Crippen LogP contribution in [0.25, 0.3) is 11.0 Å². The molecule has 0 saturated carbocycles. The minimum atomic E-state index is -0.183. The molecule has 1 heterocycles. The number of para-hydroxylation sites is 2. The maximum Gasteiger partial charge on any atom is 0.251 e. The number of imidazole rings is 1. The van der Waals surface area contributed by atoms with E-state index in [0.29, 0.717) is 35.3 Å². The van der Waals surface area contributed by atoms with Crippen molar-refractivity contribution in [2.45, 2.75) is 39.7 Å². The molecule has 3 rings (SSSR count). The van der Waals surface area contributed by atoms with Crippen LogP contribution in [0.4, 0.5) is 0 Å². The molecule has 7 heteroatoms. The molecule has 0 saturated heterocycles. The van der Waals surface area contributed by atoms with Gasteiger partial charge in [-0.3, -0.25) is 4.79 Å². The number of hydrogen-bond acceptors (Lipinski definition) is 5. The second kappa shape index (κ2) is 10.9. The Bertz CT molecular complexity index is 1030. The number of aryl methyl sites for hydroxylation is 2. The lowest BCUT2D eigenvalue weighted by Crippen LogP contribution is -2.25. The highest BCUT2D eigenvalue weighted by Crippen LogP contribution is 2.38. The van der Waals surface area contributed by atoms with Gasteiger partial charge in [-0.05, 0) is 43.0 Å². The van der Waals surface area contributed by atoms with Crippen LogP contribution in [0.1, 0.15) is 42.9 Å². The lowest BCUT2D eigenvalue weighted by Gasteiger charge is -2.14. The second-order valence-corrected chi connectivity index (χ2v) is 8.12. The van der Waals surface area contributed by atoms with Crippen molar-refractivity contribution in [2.75, 3.05) is 27.9 Å². The normalized spacial score (nSPS) is 11.1. The Hall–Kier alpha value is -3.22. The molecule has 7 nitrogen and oxygen atoms in total. The van der Waals surface area contributed by atoms with Crippen molar-refractivity contribution in [1.29, 1.82) is 0 Å². The Morgan fingerprint density at radius 1 is 1.06 bits per heavy atom. The van der Waals surface area contributed by atoms with E-state index in [1.807, 2.05) is 6.07 Å². The average molecular weight is 440 g/mol. The van der Waals surface area contributed by atoms with Crippen LogP contribution in [0.3, 0.4) is 0 Å². The van der Waals surface area contributed by atoms with Crippen LogP contribution in [-0.2, 0) is 13.0 Å². The number of hydrogen-bond donors (Lipinski definition) is 1. The first-order chi connectivity index (χ1) is 15.5. The first-order valence-electron chi connectivity index (χ1n) is 11.0. The Morgan fingerprint density at radius 2 is 1.75 bits per heavy atom. The van der Waals surface area contributed by atoms with E-state index in [1.165, 1.54) is 26.8 Å². The first-order valence-corrected chi connectivity index (χ1v) is 11.0. The van der Waals surface area contributed by atoms with Gasteiger partial charge in [0.25, 0.3) is 5.91 Å². The largest absolute Gasteiger partial charge is 0.493 e. The zero-order valence-corrected chi connectivity index (χ0v) is 19.6. The van der Waals surface area contributed by atoms with Crippen LogP contribution < -0.4 is 19.5 Å². The Balaban J connectivity index is 1.65. The van der Waals surface area contributed by atoms with Crippen LogP contribution >= 0.6 is 0 Å². The van der Waals surface area contributed by atoms with E-state index in [1.54, 1.807) is 12.1 Å². The van der Waals surface area contributed by atoms with Crippen molar-refractivity contribution in [3.63, 3.8) is 0 Å². The quantitative estimate of drug-likeness (QED) is 0.446. The maximum atomic E-state index is 12.7. The molecule has 0 aliphatic heterocycles. The van der Waals surface area contributed by atoms with Gasteiger partial charge >= 0.3 is 0 Å². The van der Waals surface area contributed by atoms with Gasteiger partial charge in [0, 0.05) is 25.1 Å². The molecule has 0 spiro atoms. The van der Waals surface area contributed by atoms with Crippen molar-refractivity contribution in [1.82, 2.24) is 14.9 Å². The topological polar surface area (TPSA) is 74.6 Å². The van der Waals surface area contributed by atoms with Crippen LogP contribution in [0.2, 0.25) is 0 Å². The summed E-state index contributed by atoms with van der Waals surface area (Å²) in [5, 5.41) is 2.98. The average Bonchev–Trinajstić information content (AvgIpc) is 3.16. The Morgan fingerprint density at radius 3 is 2.38 bits per heavy atom. The number of ether oxygens (including phenoxy) is 3. The van der Waals surface area contributed by atoms with Gasteiger partial charge in [-0.25, -0.2) is 4.98 Å². The predicted molar refractivity (Wildman–Crippen MR) is 126 cm³/mol. The second-order valence-electron chi connectivity index (χ2n) is 8.12. The summed E-state index contributed by atoms with van der Waals surface area (Å²) >= 11 is 0. The molecule has 0 atom stereocenters. The fraction of sp³-hybridized carbons (Fsp3) is 0.440. The third-order valence-corrected chi connectivity index (χ3v) is 5.45. The van der Waals surface area contributed by atoms with E-state index in [0.717, 1.165) is 37.1 Å². The number of carbonyl (C=O) groups excluding carboxylic acids is 1. The molecule has 2 aromatic carbocycles. The molecular weight excluding hydrogens is 406 g/mol. The summed E-state index contributed by atoms with van der Waals surface area (Å²) in [5.41, 5.74) is 2.65. The third kappa shape index (κ3) is 5.33. The molecular formula is C25H33N3O4. The van der Waals surface area contributed by atoms with Crippen molar-refractivity contribution >= 4 is 16.9 Å². The highest BCUT2D eigenvalue weighted by Gasteiger charge is 2.17. The van der Waals surface area contributed by atoms with Gasteiger partial charge in [-0.15, -0.1) is 0 Å². The maximum absolute atomic E-state index is 12.7. The zero-order chi connectivity index (χ0) is 23.1. The van der Waals surface area contributed by atoms with Crippen molar-refractivity contribution < 1.29 is 19.0 Å². The van der Waals surface area contributed by atoms with E-state index in [4.69, 9.17) is 19.2 Å².